The minimum atomic E-state index is 1.19. The van der Waals surface area contributed by atoms with Crippen LogP contribution in [0.25, 0.3) is 0 Å². The third-order valence-corrected chi connectivity index (χ3v) is 2.25. The zero-order chi connectivity index (χ0) is 7.78. The lowest BCUT2D eigenvalue weighted by molar-refractivity contribution is 0.616. The average Bonchev–Trinajstić information content (AvgIpc) is 2.08. The molecule has 1 aliphatic rings. The molecule has 0 amide bonds. The lowest BCUT2D eigenvalue weighted by Gasteiger charge is -1.97. The Morgan fingerprint density at radius 1 is 0.636 bits per heavy atom. The average molecular weight is 151 g/mol. The Labute approximate surface area is 70.7 Å². The number of hydrogen-bond acceptors (Lipinski definition) is 0. The molecule has 0 saturated heterocycles. The van der Waals surface area contributed by atoms with Crippen LogP contribution in [0.15, 0.2) is 12.2 Å². The second kappa shape index (κ2) is 6.45. The van der Waals surface area contributed by atoms with E-state index in [4.69, 9.17) is 0 Å². The summed E-state index contributed by atoms with van der Waals surface area (Å²) in [5.41, 5.74) is 0. The summed E-state index contributed by atoms with van der Waals surface area (Å²) in [6.07, 6.45) is 18.0. The molecule has 0 heteroatoms. The molecule has 1 radical (unpaired) electrons. The van der Waals surface area contributed by atoms with Gasteiger partial charge < -0.3 is 0 Å². The Hall–Kier alpha value is -0.260. The molecule has 0 bridgehead atoms. The standard InChI is InChI=1S/C11H19/c1-2-4-6-8-10-11-9-7-5-3-1/h1-2,5H,3-4,6-11H2. The number of allylic oxidation sites excluding steroid dienone is 2. The third-order valence-electron chi connectivity index (χ3n) is 2.25. The van der Waals surface area contributed by atoms with Crippen molar-refractivity contribution in [2.45, 2.75) is 51.4 Å². The summed E-state index contributed by atoms with van der Waals surface area (Å²) in [6, 6.07) is 0. The van der Waals surface area contributed by atoms with Gasteiger partial charge in [-0.3, -0.25) is 0 Å². The highest BCUT2D eigenvalue weighted by Crippen LogP contribution is 2.11. The van der Waals surface area contributed by atoms with E-state index in [-0.39, 0.29) is 0 Å². The SMILES string of the molecule is [CH]1CC=CCCCCCCC1. The van der Waals surface area contributed by atoms with Crippen LogP contribution in [-0.2, 0) is 0 Å². The predicted molar refractivity (Wildman–Crippen MR) is 50.4 cm³/mol. The Morgan fingerprint density at radius 2 is 1.36 bits per heavy atom. The van der Waals surface area contributed by atoms with Gasteiger partial charge >= 0.3 is 0 Å². The van der Waals surface area contributed by atoms with Crippen molar-refractivity contribution < 1.29 is 0 Å². The summed E-state index contributed by atoms with van der Waals surface area (Å²) in [6.45, 7) is 0. The van der Waals surface area contributed by atoms with Crippen LogP contribution in [0.3, 0.4) is 0 Å². The third kappa shape index (κ3) is 5.06. The van der Waals surface area contributed by atoms with E-state index in [1.165, 1.54) is 51.4 Å². The van der Waals surface area contributed by atoms with Crippen LogP contribution < -0.4 is 0 Å². The molecular weight excluding hydrogens is 132 g/mol. The van der Waals surface area contributed by atoms with Crippen LogP contribution in [0, 0.1) is 6.42 Å². The van der Waals surface area contributed by atoms with Gasteiger partial charge in [0.25, 0.3) is 0 Å². The Kier molecular flexibility index (Phi) is 5.18. The van der Waals surface area contributed by atoms with E-state index in [2.05, 4.69) is 18.6 Å². The van der Waals surface area contributed by atoms with E-state index < -0.39 is 0 Å². The second-order valence-electron chi connectivity index (χ2n) is 3.34. The van der Waals surface area contributed by atoms with Crippen LogP contribution in [0.2, 0.25) is 0 Å². The van der Waals surface area contributed by atoms with Gasteiger partial charge in [0, 0.05) is 0 Å². The van der Waals surface area contributed by atoms with E-state index >= 15 is 0 Å². The molecule has 11 heavy (non-hydrogen) atoms. The Balaban J connectivity index is 2.11. The molecule has 0 aromatic heterocycles. The smallest absolute Gasteiger partial charge is 0.0319 e. The summed E-state index contributed by atoms with van der Waals surface area (Å²) in [5.74, 6) is 0. The fourth-order valence-electron chi connectivity index (χ4n) is 1.51. The maximum atomic E-state index is 2.40. The minimum absolute atomic E-state index is 1.19. The van der Waals surface area contributed by atoms with E-state index in [0.29, 0.717) is 0 Å². The Bertz CT molecular complexity index is 90.6. The minimum Gasteiger partial charge on any atom is -0.0885 e. The van der Waals surface area contributed by atoms with E-state index in [9.17, 15) is 0 Å². The van der Waals surface area contributed by atoms with Crippen LogP contribution in [0.5, 0.6) is 0 Å². The first-order chi connectivity index (χ1) is 5.50. The Morgan fingerprint density at radius 3 is 2.27 bits per heavy atom. The maximum Gasteiger partial charge on any atom is -0.0319 e. The van der Waals surface area contributed by atoms with Crippen molar-refractivity contribution in [3.63, 3.8) is 0 Å². The van der Waals surface area contributed by atoms with Crippen molar-refractivity contribution >= 4 is 0 Å². The fourth-order valence-corrected chi connectivity index (χ4v) is 1.51. The molecule has 0 saturated carbocycles. The van der Waals surface area contributed by atoms with Gasteiger partial charge in [0.15, 0.2) is 0 Å². The van der Waals surface area contributed by atoms with E-state index in [0.717, 1.165) is 0 Å². The summed E-state index contributed by atoms with van der Waals surface area (Å²) in [5, 5.41) is 0. The molecule has 0 fully saturated rings. The van der Waals surface area contributed by atoms with Gasteiger partial charge in [0.05, 0.1) is 0 Å². The summed E-state index contributed by atoms with van der Waals surface area (Å²) in [4.78, 5) is 0. The molecule has 0 atom stereocenters. The highest BCUT2D eigenvalue weighted by molar-refractivity contribution is 4.87. The summed E-state index contributed by atoms with van der Waals surface area (Å²) >= 11 is 0. The molecule has 0 aromatic rings. The van der Waals surface area contributed by atoms with Crippen LogP contribution in [0.4, 0.5) is 0 Å². The molecule has 1 rings (SSSR count). The zero-order valence-corrected chi connectivity index (χ0v) is 7.39. The van der Waals surface area contributed by atoms with Crippen molar-refractivity contribution in [3.8, 4) is 0 Å². The highest BCUT2D eigenvalue weighted by Gasteiger charge is 1.92. The molecule has 63 valence electrons. The molecule has 0 aliphatic heterocycles. The molecule has 0 N–H and O–H groups in total. The summed E-state index contributed by atoms with van der Waals surface area (Å²) < 4.78 is 0. The lowest BCUT2D eigenvalue weighted by atomic mass is 10.1. The first-order valence-corrected chi connectivity index (χ1v) is 4.97. The maximum absolute atomic E-state index is 2.40. The second-order valence-corrected chi connectivity index (χ2v) is 3.34. The van der Waals surface area contributed by atoms with Crippen LogP contribution in [0.1, 0.15) is 51.4 Å². The van der Waals surface area contributed by atoms with Crippen molar-refractivity contribution in [2.75, 3.05) is 0 Å². The monoisotopic (exact) mass is 151 g/mol. The highest BCUT2D eigenvalue weighted by atomic mass is 14.0. The molecule has 0 spiro atoms. The normalized spacial score (nSPS) is 22.5. The van der Waals surface area contributed by atoms with Crippen molar-refractivity contribution in [2.24, 2.45) is 0 Å². The largest absolute Gasteiger partial charge is 0.0885 e. The van der Waals surface area contributed by atoms with Crippen molar-refractivity contribution in [1.82, 2.24) is 0 Å². The quantitative estimate of drug-likeness (QED) is 0.461. The number of hydrogen-bond donors (Lipinski definition) is 0. The van der Waals surface area contributed by atoms with Gasteiger partial charge in [-0.15, -0.1) is 0 Å². The summed E-state index contributed by atoms with van der Waals surface area (Å²) in [7, 11) is 0. The van der Waals surface area contributed by atoms with E-state index in [1.54, 1.807) is 0 Å². The van der Waals surface area contributed by atoms with E-state index in [1.807, 2.05) is 0 Å². The van der Waals surface area contributed by atoms with Gasteiger partial charge in [0.2, 0.25) is 0 Å². The van der Waals surface area contributed by atoms with Crippen molar-refractivity contribution in [3.05, 3.63) is 18.6 Å². The van der Waals surface area contributed by atoms with Gasteiger partial charge in [-0.1, -0.05) is 37.8 Å². The topological polar surface area (TPSA) is 0 Å². The van der Waals surface area contributed by atoms with Gasteiger partial charge in [0.1, 0.15) is 0 Å². The number of rotatable bonds is 0. The first-order valence-electron chi connectivity index (χ1n) is 4.97. The zero-order valence-electron chi connectivity index (χ0n) is 7.39. The lowest BCUT2D eigenvalue weighted by Crippen LogP contribution is -1.78. The molecule has 0 heterocycles. The molecule has 1 aliphatic carbocycles. The van der Waals surface area contributed by atoms with Crippen LogP contribution >= 0.6 is 0 Å². The fraction of sp³-hybridized carbons (Fsp3) is 0.727. The van der Waals surface area contributed by atoms with Crippen molar-refractivity contribution in [1.29, 1.82) is 0 Å². The van der Waals surface area contributed by atoms with Gasteiger partial charge in [-0.05, 0) is 32.1 Å². The van der Waals surface area contributed by atoms with Gasteiger partial charge in [-0.25, -0.2) is 0 Å². The molecule has 0 aromatic carbocycles. The molecule has 0 nitrogen and oxygen atoms in total. The predicted octanol–water partition coefficient (Wildman–Crippen LogP) is 3.88. The van der Waals surface area contributed by atoms with Gasteiger partial charge in [-0.2, -0.15) is 0 Å². The molecular formula is C11H19. The molecule has 0 unspecified atom stereocenters. The first kappa shape index (κ1) is 8.83. The van der Waals surface area contributed by atoms with Crippen LogP contribution in [-0.4, -0.2) is 0 Å².